The van der Waals surface area contributed by atoms with E-state index in [1.54, 1.807) is 22.9 Å². The summed E-state index contributed by atoms with van der Waals surface area (Å²) >= 11 is 1.51. The Kier molecular flexibility index (Phi) is 7.03. The zero-order valence-electron chi connectivity index (χ0n) is 24.7. The number of hydrogen-bond acceptors (Lipinski definition) is 13. The van der Waals surface area contributed by atoms with Crippen molar-refractivity contribution in [3.8, 4) is 11.1 Å². The monoisotopic (exact) mass is 641 g/mol. The van der Waals surface area contributed by atoms with Crippen molar-refractivity contribution in [1.82, 2.24) is 29.8 Å². The third-order valence-corrected chi connectivity index (χ3v) is 9.94. The van der Waals surface area contributed by atoms with Crippen LogP contribution in [-0.2, 0) is 4.74 Å². The Bertz CT molecular complexity index is 2160. The quantitative estimate of drug-likeness (QED) is 0.170. The van der Waals surface area contributed by atoms with Gasteiger partial charge in [0.1, 0.15) is 18.2 Å². The van der Waals surface area contributed by atoms with Gasteiger partial charge in [-0.2, -0.15) is 10.1 Å². The number of primary amides is 1. The molecule has 2 aliphatic rings. The van der Waals surface area contributed by atoms with E-state index in [1.165, 1.54) is 17.7 Å². The number of benzene rings is 1. The number of amides is 1. The zero-order valence-corrected chi connectivity index (χ0v) is 25.5. The van der Waals surface area contributed by atoms with Crippen LogP contribution in [0.2, 0.25) is 0 Å². The highest BCUT2D eigenvalue weighted by atomic mass is 32.1. The highest BCUT2D eigenvalue weighted by Gasteiger charge is 2.27. The predicted octanol–water partition coefficient (Wildman–Crippen LogP) is 3.20. The van der Waals surface area contributed by atoms with Crippen molar-refractivity contribution in [2.45, 2.75) is 37.8 Å². The van der Waals surface area contributed by atoms with Crippen molar-refractivity contribution in [1.29, 1.82) is 0 Å². The third kappa shape index (κ3) is 4.81. The number of furan rings is 1. The van der Waals surface area contributed by atoms with E-state index in [-0.39, 0.29) is 34.5 Å². The number of carbonyl (C=O) groups is 1. The zero-order chi connectivity index (χ0) is 31.4. The molecular weight excluding hydrogens is 610 g/mol. The maximum absolute atomic E-state index is 13.0. The molecule has 236 valence electrons. The molecule has 5 aromatic heterocycles. The Balaban J connectivity index is 1.20. The molecule has 1 aliphatic carbocycles. The molecule has 2 atom stereocenters. The maximum Gasteiger partial charge on any atom is 0.256 e. The van der Waals surface area contributed by atoms with Crippen LogP contribution in [0.3, 0.4) is 0 Å². The molecule has 8 rings (SSSR count). The van der Waals surface area contributed by atoms with Gasteiger partial charge >= 0.3 is 0 Å². The van der Waals surface area contributed by atoms with Gasteiger partial charge in [-0.15, -0.1) is 21.5 Å². The first-order valence-electron chi connectivity index (χ1n) is 15.1. The molecule has 1 aromatic carbocycles. The number of anilines is 4. The molecule has 0 spiro atoms. The SMILES string of the molecule is NC(=O)c1c(Nc2ccc(-c3coc4c(=O)cc(N5CCOCC5)sc34)c3cn[nH]c23)nc(N[C@H]2CCCC[C@H]2N)n2cnnc12. The lowest BCUT2D eigenvalue weighted by molar-refractivity contribution is 0.100. The molecule has 1 amide bonds. The highest BCUT2D eigenvalue weighted by Crippen LogP contribution is 2.41. The summed E-state index contributed by atoms with van der Waals surface area (Å²) in [5.74, 6) is -0.0453. The summed E-state index contributed by atoms with van der Waals surface area (Å²) in [6, 6.07) is 5.37. The molecule has 6 heterocycles. The Morgan fingerprint density at radius 2 is 2.00 bits per heavy atom. The van der Waals surface area contributed by atoms with Crippen molar-refractivity contribution in [2.24, 2.45) is 11.5 Å². The number of H-pyrrole nitrogens is 1. The molecule has 2 fully saturated rings. The highest BCUT2D eigenvalue weighted by molar-refractivity contribution is 7.22. The Hall–Kier alpha value is -5.06. The van der Waals surface area contributed by atoms with E-state index in [1.807, 2.05) is 12.1 Å². The van der Waals surface area contributed by atoms with Gasteiger partial charge < -0.3 is 36.2 Å². The van der Waals surface area contributed by atoms with E-state index in [9.17, 15) is 9.59 Å². The van der Waals surface area contributed by atoms with Crippen LogP contribution in [0.15, 0.2) is 46.2 Å². The van der Waals surface area contributed by atoms with Gasteiger partial charge in [0.2, 0.25) is 11.4 Å². The number of aromatic nitrogens is 6. The number of hydrogen-bond donors (Lipinski definition) is 5. The molecule has 7 N–H and O–H groups in total. The second kappa shape index (κ2) is 11.4. The fraction of sp³-hybridized carbons (Fsp3) is 0.333. The van der Waals surface area contributed by atoms with E-state index in [4.69, 9.17) is 25.6 Å². The van der Waals surface area contributed by atoms with Gasteiger partial charge in [-0.25, -0.2) is 0 Å². The van der Waals surface area contributed by atoms with Gasteiger partial charge in [0.15, 0.2) is 17.0 Å². The standard InChI is InChI=1S/C30H31N11O4S/c31-18-3-1-2-4-19(18)36-30-37-28(23(27(32)43)29-39-34-14-41(29)30)35-20-6-5-15(16-12-33-38-24(16)20)17-13-45-25-21(42)11-22(46-26(17)25)40-7-9-44-10-8-40/h5-6,11-14,18-19,35H,1-4,7-10,31H2,(H2,32,43)(H,33,38)(H,36,37)/t18-,19+/m1/s1. The second-order valence-electron chi connectivity index (χ2n) is 11.5. The predicted molar refractivity (Wildman–Crippen MR) is 175 cm³/mol. The number of morpholine rings is 1. The summed E-state index contributed by atoms with van der Waals surface area (Å²) in [5.41, 5.74) is 15.6. The van der Waals surface area contributed by atoms with Crippen molar-refractivity contribution in [3.63, 3.8) is 0 Å². The smallest absolute Gasteiger partial charge is 0.256 e. The second-order valence-corrected chi connectivity index (χ2v) is 12.6. The van der Waals surface area contributed by atoms with Crippen LogP contribution in [0.1, 0.15) is 36.0 Å². The molecular formula is C30H31N11O4S. The first-order chi connectivity index (χ1) is 22.5. The number of carbonyl (C=O) groups excluding carboxylic acids is 1. The van der Waals surface area contributed by atoms with Crippen LogP contribution in [0, 0.1) is 0 Å². The lowest BCUT2D eigenvalue weighted by atomic mass is 9.91. The van der Waals surface area contributed by atoms with E-state index >= 15 is 0 Å². The third-order valence-electron chi connectivity index (χ3n) is 8.75. The first kappa shape index (κ1) is 28.4. The average Bonchev–Trinajstić information content (AvgIpc) is 3.83. The summed E-state index contributed by atoms with van der Waals surface area (Å²) < 4.78 is 13.7. The van der Waals surface area contributed by atoms with Gasteiger partial charge in [0.05, 0.1) is 40.3 Å². The topological polar surface area (TPSA) is 208 Å². The Labute approximate surface area is 264 Å². The largest absolute Gasteiger partial charge is 0.459 e. The van der Waals surface area contributed by atoms with Crippen molar-refractivity contribution >= 4 is 66.5 Å². The molecule has 0 unspecified atom stereocenters. The van der Waals surface area contributed by atoms with Crippen LogP contribution in [-0.4, -0.2) is 74.1 Å². The number of aromatic amines is 1. The molecule has 46 heavy (non-hydrogen) atoms. The average molecular weight is 642 g/mol. The van der Waals surface area contributed by atoms with Gasteiger partial charge in [-0.3, -0.25) is 19.1 Å². The fourth-order valence-corrected chi connectivity index (χ4v) is 7.56. The molecule has 0 bridgehead atoms. The number of nitrogens with zero attached hydrogens (tertiary/aromatic N) is 6. The lowest BCUT2D eigenvalue weighted by Gasteiger charge is -2.30. The fourth-order valence-electron chi connectivity index (χ4n) is 6.36. The van der Waals surface area contributed by atoms with Crippen LogP contribution >= 0.6 is 11.3 Å². The van der Waals surface area contributed by atoms with Gasteiger partial charge in [-0.1, -0.05) is 18.9 Å². The lowest BCUT2D eigenvalue weighted by Crippen LogP contribution is -2.43. The molecule has 0 radical (unpaired) electrons. The molecule has 1 saturated carbocycles. The van der Waals surface area contributed by atoms with Gasteiger partial charge in [-0.05, 0) is 24.5 Å². The van der Waals surface area contributed by atoms with E-state index in [0.717, 1.165) is 51.9 Å². The van der Waals surface area contributed by atoms with E-state index in [0.29, 0.717) is 49.0 Å². The number of rotatable bonds is 7. The van der Waals surface area contributed by atoms with Gasteiger partial charge in [0, 0.05) is 42.2 Å². The normalized spacial score (nSPS) is 18.8. The van der Waals surface area contributed by atoms with Crippen LogP contribution in [0.4, 0.5) is 22.5 Å². The minimum atomic E-state index is -0.706. The maximum atomic E-state index is 13.0. The number of nitrogens with one attached hydrogen (secondary N) is 3. The molecule has 1 aliphatic heterocycles. The van der Waals surface area contributed by atoms with E-state index in [2.05, 4.69) is 35.9 Å². The van der Waals surface area contributed by atoms with Crippen molar-refractivity contribution in [2.75, 3.05) is 41.8 Å². The summed E-state index contributed by atoms with van der Waals surface area (Å²) in [7, 11) is 0. The Morgan fingerprint density at radius 1 is 1.15 bits per heavy atom. The molecule has 1 saturated heterocycles. The summed E-state index contributed by atoms with van der Waals surface area (Å²) in [4.78, 5) is 32.8. The van der Waals surface area contributed by atoms with Crippen LogP contribution in [0.25, 0.3) is 38.0 Å². The van der Waals surface area contributed by atoms with Crippen LogP contribution < -0.4 is 32.4 Å². The van der Waals surface area contributed by atoms with Crippen LogP contribution in [0.5, 0.6) is 0 Å². The van der Waals surface area contributed by atoms with Crippen molar-refractivity contribution in [3.05, 3.63) is 52.8 Å². The minimum absolute atomic E-state index is 0.00183. The molecule has 6 aromatic rings. The van der Waals surface area contributed by atoms with Gasteiger partial charge in [0.25, 0.3) is 5.91 Å². The summed E-state index contributed by atoms with van der Waals surface area (Å²) in [5, 5.41) is 24.0. The summed E-state index contributed by atoms with van der Waals surface area (Å²) in [6.07, 6.45) is 8.77. The number of nitrogens with two attached hydrogens (primary N) is 2. The van der Waals surface area contributed by atoms with Crippen molar-refractivity contribution < 1.29 is 13.9 Å². The number of fused-ring (bicyclic) bond motifs is 3. The first-order valence-corrected chi connectivity index (χ1v) is 15.9. The summed E-state index contributed by atoms with van der Waals surface area (Å²) in [6.45, 7) is 2.66. The Morgan fingerprint density at radius 3 is 2.83 bits per heavy atom. The minimum Gasteiger partial charge on any atom is -0.459 e. The molecule has 16 heteroatoms. The number of ether oxygens (including phenoxy) is 1. The molecule has 15 nitrogen and oxygen atoms in total. The van der Waals surface area contributed by atoms with E-state index < -0.39 is 5.91 Å².